The van der Waals surface area contributed by atoms with Crippen molar-refractivity contribution in [3.05, 3.63) is 35.1 Å². The second kappa shape index (κ2) is 5.80. The number of ether oxygens (including phenoxy) is 1. The number of nitrogens with one attached hydrogen (secondary N) is 1. The largest absolute Gasteiger partial charge is 0.378 e. The lowest BCUT2D eigenvalue weighted by molar-refractivity contribution is 0.0768. The first kappa shape index (κ1) is 12.9. The third-order valence-corrected chi connectivity index (χ3v) is 2.43. The summed E-state index contributed by atoms with van der Waals surface area (Å²) in [6.45, 7) is 2.04. The molecule has 1 N–H and O–H groups in total. The molecule has 0 unspecified atom stereocenters. The van der Waals surface area contributed by atoms with Crippen LogP contribution in [0, 0.1) is 17.1 Å². The van der Waals surface area contributed by atoms with E-state index in [1.54, 1.807) is 12.1 Å². The topological polar surface area (TPSA) is 45.0 Å². The van der Waals surface area contributed by atoms with E-state index < -0.39 is 5.82 Å². The van der Waals surface area contributed by atoms with Crippen LogP contribution in [0.1, 0.15) is 17.2 Å². The van der Waals surface area contributed by atoms with E-state index in [9.17, 15) is 4.39 Å². The normalized spacial score (nSPS) is 19.6. The molecule has 5 heteroatoms. The van der Waals surface area contributed by atoms with Gasteiger partial charge < -0.3 is 10.1 Å². The van der Waals surface area contributed by atoms with Crippen molar-refractivity contribution in [1.29, 1.82) is 5.26 Å². The van der Waals surface area contributed by atoms with E-state index >= 15 is 0 Å². The maximum absolute atomic E-state index is 13.1. The maximum Gasteiger partial charge on any atom is 0.140 e. The summed E-state index contributed by atoms with van der Waals surface area (Å²) in [5, 5.41) is 11.9. The number of nitrogens with zero attached hydrogens (tertiary/aromatic N) is 1. The van der Waals surface area contributed by atoms with E-state index in [1.165, 1.54) is 6.07 Å². The van der Waals surface area contributed by atoms with Crippen molar-refractivity contribution in [2.24, 2.45) is 0 Å². The third kappa shape index (κ3) is 2.70. The van der Waals surface area contributed by atoms with E-state index in [2.05, 4.69) is 5.32 Å². The summed E-state index contributed by atoms with van der Waals surface area (Å²) in [5.41, 5.74) is 0.979. The molecular weight excluding hydrogens is 231 g/mol. The lowest BCUT2D eigenvalue weighted by atomic mass is 10.0. The SMILES string of the molecule is Cl.N#Cc1cc([C@H]2COCCN2)ccc1F. The molecule has 86 valence electrons. The van der Waals surface area contributed by atoms with Crippen LogP contribution in [0.4, 0.5) is 4.39 Å². The fraction of sp³-hybridized carbons (Fsp3) is 0.364. The Bertz CT molecular complexity index is 399. The molecule has 0 saturated carbocycles. The Morgan fingerprint density at radius 3 is 2.94 bits per heavy atom. The molecule has 1 aromatic carbocycles. The van der Waals surface area contributed by atoms with Crippen LogP contribution in [0.15, 0.2) is 18.2 Å². The minimum absolute atomic E-state index is 0. The number of hydrogen-bond acceptors (Lipinski definition) is 3. The molecule has 1 saturated heterocycles. The van der Waals surface area contributed by atoms with Gasteiger partial charge in [0.2, 0.25) is 0 Å². The molecule has 0 aliphatic carbocycles. The van der Waals surface area contributed by atoms with Gasteiger partial charge in [0.05, 0.1) is 24.8 Å². The van der Waals surface area contributed by atoms with E-state index in [-0.39, 0.29) is 24.0 Å². The molecule has 0 amide bonds. The van der Waals surface area contributed by atoms with Crippen LogP contribution in [0.25, 0.3) is 0 Å². The Morgan fingerprint density at radius 2 is 2.31 bits per heavy atom. The number of halogens is 2. The van der Waals surface area contributed by atoms with Crippen molar-refractivity contribution in [3.63, 3.8) is 0 Å². The van der Waals surface area contributed by atoms with Crippen LogP contribution < -0.4 is 5.32 Å². The predicted octanol–water partition coefficient (Wildman–Crippen LogP) is 1.78. The van der Waals surface area contributed by atoms with Crippen molar-refractivity contribution in [1.82, 2.24) is 5.32 Å². The first-order valence-electron chi connectivity index (χ1n) is 4.82. The van der Waals surface area contributed by atoms with Crippen LogP contribution in [0.3, 0.4) is 0 Å². The van der Waals surface area contributed by atoms with E-state index in [4.69, 9.17) is 10.00 Å². The molecule has 3 nitrogen and oxygen atoms in total. The fourth-order valence-electron chi connectivity index (χ4n) is 1.62. The lowest BCUT2D eigenvalue weighted by Crippen LogP contribution is -2.34. The van der Waals surface area contributed by atoms with E-state index in [0.717, 1.165) is 12.1 Å². The minimum atomic E-state index is -0.474. The molecule has 0 aromatic heterocycles. The molecular formula is C11H12ClFN2O. The lowest BCUT2D eigenvalue weighted by Gasteiger charge is -2.24. The minimum Gasteiger partial charge on any atom is -0.378 e. The molecule has 1 atom stereocenters. The Morgan fingerprint density at radius 1 is 1.50 bits per heavy atom. The monoisotopic (exact) mass is 242 g/mol. The highest BCUT2D eigenvalue weighted by atomic mass is 35.5. The number of nitriles is 1. The van der Waals surface area contributed by atoms with Crippen molar-refractivity contribution < 1.29 is 9.13 Å². The molecule has 0 spiro atoms. The van der Waals surface area contributed by atoms with Gasteiger partial charge in [0.1, 0.15) is 11.9 Å². The summed E-state index contributed by atoms with van der Waals surface area (Å²) >= 11 is 0. The highest BCUT2D eigenvalue weighted by Gasteiger charge is 2.16. The quantitative estimate of drug-likeness (QED) is 0.817. The number of hydrogen-bond donors (Lipinski definition) is 1. The molecule has 0 bridgehead atoms. The van der Waals surface area contributed by atoms with Gasteiger partial charge in [-0.1, -0.05) is 6.07 Å². The van der Waals surface area contributed by atoms with Gasteiger partial charge in [-0.25, -0.2) is 4.39 Å². The van der Waals surface area contributed by atoms with Crippen LogP contribution >= 0.6 is 12.4 Å². The highest BCUT2D eigenvalue weighted by molar-refractivity contribution is 5.85. The number of benzene rings is 1. The summed E-state index contributed by atoms with van der Waals surface area (Å²) in [6, 6.07) is 6.47. The summed E-state index contributed by atoms with van der Waals surface area (Å²) < 4.78 is 18.4. The second-order valence-corrected chi connectivity index (χ2v) is 3.43. The zero-order valence-electron chi connectivity index (χ0n) is 8.57. The van der Waals surface area contributed by atoms with Gasteiger partial charge in [0, 0.05) is 6.54 Å². The smallest absolute Gasteiger partial charge is 0.140 e. The third-order valence-electron chi connectivity index (χ3n) is 2.43. The van der Waals surface area contributed by atoms with Gasteiger partial charge in [-0.2, -0.15) is 5.26 Å². The van der Waals surface area contributed by atoms with Crippen LogP contribution in [0.5, 0.6) is 0 Å². The highest BCUT2D eigenvalue weighted by Crippen LogP contribution is 2.18. The Kier molecular flexibility index (Phi) is 4.69. The van der Waals surface area contributed by atoms with Crippen molar-refractivity contribution in [3.8, 4) is 6.07 Å². The molecule has 1 heterocycles. The number of rotatable bonds is 1. The first-order valence-corrected chi connectivity index (χ1v) is 4.82. The van der Waals surface area contributed by atoms with Gasteiger partial charge >= 0.3 is 0 Å². The zero-order valence-corrected chi connectivity index (χ0v) is 9.39. The van der Waals surface area contributed by atoms with Gasteiger partial charge in [0.15, 0.2) is 0 Å². The average Bonchev–Trinajstić information content (AvgIpc) is 2.31. The molecule has 16 heavy (non-hydrogen) atoms. The Balaban J connectivity index is 0.00000128. The Labute approximate surface area is 99.6 Å². The Hall–Kier alpha value is -1.15. The maximum atomic E-state index is 13.1. The molecule has 1 aromatic rings. The standard InChI is InChI=1S/C11H11FN2O.ClH/c12-10-2-1-8(5-9(10)6-13)11-7-15-4-3-14-11;/h1-2,5,11,14H,3-4,7H2;1H/t11-;/m1./s1. The van der Waals surface area contributed by atoms with Crippen LogP contribution in [-0.4, -0.2) is 19.8 Å². The zero-order chi connectivity index (χ0) is 10.7. The molecule has 1 aliphatic heterocycles. The number of morpholine rings is 1. The summed E-state index contributed by atoms with van der Waals surface area (Å²) in [7, 11) is 0. The summed E-state index contributed by atoms with van der Waals surface area (Å²) in [4.78, 5) is 0. The molecule has 1 aliphatic rings. The first-order chi connectivity index (χ1) is 7.31. The van der Waals surface area contributed by atoms with E-state index in [0.29, 0.717) is 13.2 Å². The van der Waals surface area contributed by atoms with Crippen molar-refractivity contribution >= 4 is 12.4 Å². The van der Waals surface area contributed by atoms with E-state index in [1.807, 2.05) is 6.07 Å². The van der Waals surface area contributed by atoms with Gasteiger partial charge in [0.25, 0.3) is 0 Å². The summed E-state index contributed by atoms with van der Waals surface area (Å²) in [5.74, 6) is -0.474. The van der Waals surface area contributed by atoms with Crippen molar-refractivity contribution in [2.75, 3.05) is 19.8 Å². The van der Waals surface area contributed by atoms with Crippen molar-refractivity contribution in [2.45, 2.75) is 6.04 Å². The fourth-order valence-corrected chi connectivity index (χ4v) is 1.62. The summed E-state index contributed by atoms with van der Waals surface area (Å²) in [6.07, 6.45) is 0. The molecule has 0 radical (unpaired) electrons. The molecule has 2 rings (SSSR count). The van der Waals surface area contributed by atoms with Gasteiger partial charge in [-0.05, 0) is 17.7 Å². The second-order valence-electron chi connectivity index (χ2n) is 3.43. The molecule has 1 fully saturated rings. The van der Waals surface area contributed by atoms with Gasteiger partial charge in [-0.15, -0.1) is 12.4 Å². The van der Waals surface area contributed by atoms with Gasteiger partial charge in [-0.3, -0.25) is 0 Å². The average molecular weight is 243 g/mol. The predicted molar refractivity (Wildman–Crippen MR) is 59.9 cm³/mol. The van der Waals surface area contributed by atoms with Crippen LogP contribution in [0.2, 0.25) is 0 Å². The van der Waals surface area contributed by atoms with Crippen LogP contribution in [-0.2, 0) is 4.74 Å².